The van der Waals surface area contributed by atoms with Crippen molar-refractivity contribution in [2.75, 3.05) is 22.7 Å². The number of phenols is 1. The number of aromatic hydroxyl groups is 1. The van der Waals surface area contributed by atoms with E-state index in [0.29, 0.717) is 5.69 Å². The summed E-state index contributed by atoms with van der Waals surface area (Å²) in [6.45, 7) is 1.73. The SMILES string of the molecule is CC(CCS(=O)(=O)CCCl)Nc1ccc2cc(S(=O)(=O)O)cc(O)c2c1N=Nc1ccc(S(=O)(=O)O)cc1. The zero-order valence-electron chi connectivity index (χ0n) is 19.8. The third-order valence-electron chi connectivity index (χ3n) is 5.39. The van der Waals surface area contributed by atoms with Crippen LogP contribution < -0.4 is 5.32 Å². The van der Waals surface area contributed by atoms with Gasteiger partial charge in [-0.1, -0.05) is 6.07 Å². The van der Waals surface area contributed by atoms with Gasteiger partial charge in [-0.2, -0.15) is 21.9 Å². The van der Waals surface area contributed by atoms with Crippen molar-refractivity contribution in [1.29, 1.82) is 0 Å². The number of fused-ring (bicyclic) bond motifs is 1. The third-order valence-corrected chi connectivity index (χ3v) is 9.19. The van der Waals surface area contributed by atoms with Crippen LogP contribution in [0.25, 0.3) is 10.8 Å². The van der Waals surface area contributed by atoms with E-state index in [2.05, 4.69) is 15.5 Å². The van der Waals surface area contributed by atoms with Crippen LogP contribution in [0.15, 0.2) is 68.6 Å². The zero-order chi connectivity index (χ0) is 28.3. The number of hydrogen-bond acceptors (Lipinski definition) is 10. The Morgan fingerprint density at radius 2 is 1.50 bits per heavy atom. The van der Waals surface area contributed by atoms with Gasteiger partial charge in [0.15, 0.2) is 9.84 Å². The van der Waals surface area contributed by atoms with E-state index in [-0.39, 0.29) is 56.9 Å². The minimum Gasteiger partial charge on any atom is -0.507 e. The van der Waals surface area contributed by atoms with Gasteiger partial charge in [0.2, 0.25) is 0 Å². The second-order valence-electron chi connectivity index (χ2n) is 8.32. The largest absolute Gasteiger partial charge is 0.507 e. The van der Waals surface area contributed by atoms with Crippen molar-refractivity contribution in [1.82, 2.24) is 0 Å². The molecule has 206 valence electrons. The maximum Gasteiger partial charge on any atom is 0.294 e. The van der Waals surface area contributed by atoms with Gasteiger partial charge in [0.1, 0.15) is 11.4 Å². The molecular formula is C22H24ClN3O9S3. The minimum atomic E-state index is -4.62. The van der Waals surface area contributed by atoms with Crippen molar-refractivity contribution in [2.45, 2.75) is 29.2 Å². The lowest BCUT2D eigenvalue weighted by Gasteiger charge is -2.18. The number of anilines is 1. The topological polar surface area (TPSA) is 200 Å². The van der Waals surface area contributed by atoms with Crippen molar-refractivity contribution in [3.8, 4) is 5.75 Å². The molecule has 0 saturated heterocycles. The highest BCUT2D eigenvalue weighted by atomic mass is 35.5. The molecule has 0 spiro atoms. The van der Waals surface area contributed by atoms with E-state index in [0.717, 1.165) is 24.3 Å². The monoisotopic (exact) mass is 605 g/mol. The van der Waals surface area contributed by atoms with Crippen molar-refractivity contribution in [2.24, 2.45) is 10.2 Å². The maximum absolute atomic E-state index is 12.0. The highest BCUT2D eigenvalue weighted by Crippen LogP contribution is 2.42. The number of azo groups is 1. The number of nitrogens with one attached hydrogen (secondary N) is 1. The van der Waals surface area contributed by atoms with E-state index < -0.39 is 40.7 Å². The number of sulfone groups is 1. The van der Waals surface area contributed by atoms with Crippen LogP contribution in [0.1, 0.15) is 13.3 Å². The highest BCUT2D eigenvalue weighted by Gasteiger charge is 2.19. The summed E-state index contributed by atoms with van der Waals surface area (Å²) < 4.78 is 88.3. The third kappa shape index (κ3) is 7.61. The van der Waals surface area contributed by atoms with Gasteiger partial charge in [0, 0.05) is 18.0 Å². The first-order chi connectivity index (χ1) is 17.6. The molecule has 0 amide bonds. The van der Waals surface area contributed by atoms with E-state index in [1.807, 2.05) is 0 Å². The first-order valence-electron chi connectivity index (χ1n) is 10.9. The molecule has 0 saturated carbocycles. The average molecular weight is 606 g/mol. The molecule has 3 aromatic rings. The van der Waals surface area contributed by atoms with Crippen LogP contribution in [0.4, 0.5) is 17.1 Å². The fourth-order valence-electron chi connectivity index (χ4n) is 3.47. The predicted molar refractivity (Wildman–Crippen MR) is 143 cm³/mol. The summed E-state index contributed by atoms with van der Waals surface area (Å²) in [6.07, 6.45) is 0.221. The second-order valence-corrected chi connectivity index (χ2v) is 13.8. The van der Waals surface area contributed by atoms with Gasteiger partial charge < -0.3 is 10.4 Å². The summed E-state index contributed by atoms with van der Waals surface area (Å²) in [5.41, 5.74) is 0.582. The normalized spacial score (nSPS) is 13.7. The van der Waals surface area contributed by atoms with Gasteiger partial charge in [-0.05, 0) is 55.1 Å². The smallest absolute Gasteiger partial charge is 0.294 e. The van der Waals surface area contributed by atoms with Crippen LogP contribution >= 0.6 is 11.6 Å². The van der Waals surface area contributed by atoms with Crippen molar-refractivity contribution >= 4 is 69.5 Å². The molecular weight excluding hydrogens is 582 g/mol. The number of hydrogen-bond donors (Lipinski definition) is 4. The molecule has 0 bridgehead atoms. The molecule has 0 aromatic heterocycles. The van der Waals surface area contributed by atoms with Gasteiger partial charge in [0.25, 0.3) is 20.2 Å². The average Bonchev–Trinajstić information content (AvgIpc) is 2.81. The van der Waals surface area contributed by atoms with Gasteiger partial charge in [-0.15, -0.1) is 16.7 Å². The van der Waals surface area contributed by atoms with E-state index >= 15 is 0 Å². The molecule has 0 fully saturated rings. The van der Waals surface area contributed by atoms with Crippen molar-refractivity contribution in [3.05, 3.63) is 48.5 Å². The molecule has 38 heavy (non-hydrogen) atoms. The molecule has 1 unspecified atom stereocenters. The quantitative estimate of drug-likeness (QED) is 0.139. The summed E-state index contributed by atoms with van der Waals surface area (Å²) >= 11 is 5.54. The van der Waals surface area contributed by atoms with Crippen LogP contribution in [0.3, 0.4) is 0 Å². The van der Waals surface area contributed by atoms with E-state index in [1.165, 1.54) is 24.3 Å². The Labute approximate surface area is 224 Å². The predicted octanol–water partition coefficient (Wildman–Crippen LogP) is 4.30. The van der Waals surface area contributed by atoms with Crippen LogP contribution in [-0.2, 0) is 30.1 Å². The fraction of sp³-hybridized carbons (Fsp3) is 0.273. The molecule has 3 rings (SSSR count). The molecule has 0 aliphatic heterocycles. The summed E-state index contributed by atoms with van der Waals surface area (Å²) in [6, 6.07) is 9.39. The number of phenolic OH excluding ortho intramolecular Hbond substituents is 1. The maximum atomic E-state index is 12.0. The lowest BCUT2D eigenvalue weighted by Crippen LogP contribution is -2.21. The van der Waals surface area contributed by atoms with Crippen LogP contribution in [0.2, 0.25) is 0 Å². The van der Waals surface area contributed by atoms with Crippen molar-refractivity contribution < 1.29 is 39.5 Å². The second kappa shape index (κ2) is 11.5. The molecule has 0 aliphatic rings. The molecule has 0 radical (unpaired) electrons. The molecule has 4 N–H and O–H groups in total. The number of nitrogens with zero attached hydrogens (tertiary/aromatic N) is 2. The summed E-state index contributed by atoms with van der Waals surface area (Å²) in [7, 11) is -12.4. The molecule has 1 atom stereocenters. The lowest BCUT2D eigenvalue weighted by atomic mass is 10.1. The van der Waals surface area contributed by atoms with Gasteiger partial charge >= 0.3 is 0 Å². The first-order valence-corrected chi connectivity index (χ1v) is 16.1. The first kappa shape index (κ1) is 29.7. The Morgan fingerprint density at radius 3 is 2.08 bits per heavy atom. The lowest BCUT2D eigenvalue weighted by molar-refractivity contribution is 0.471. The van der Waals surface area contributed by atoms with E-state index in [1.54, 1.807) is 6.92 Å². The Morgan fingerprint density at radius 1 is 0.868 bits per heavy atom. The molecule has 3 aromatic carbocycles. The Hall–Kier alpha value is -2.82. The van der Waals surface area contributed by atoms with Gasteiger partial charge in [-0.25, -0.2) is 8.42 Å². The fourth-order valence-corrected chi connectivity index (χ4v) is 6.35. The Kier molecular flexibility index (Phi) is 9.00. The number of alkyl halides is 1. The van der Waals surface area contributed by atoms with E-state index in [9.17, 15) is 34.9 Å². The Bertz CT molecular complexity index is 1690. The minimum absolute atomic E-state index is 0.0185. The summed E-state index contributed by atoms with van der Waals surface area (Å²) in [5.74, 6) is -0.819. The highest BCUT2D eigenvalue weighted by molar-refractivity contribution is 7.91. The van der Waals surface area contributed by atoms with Crippen LogP contribution in [-0.4, -0.2) is 62.9 Å². The van der Waals surface area contributed by atoms with Gasteiger partial charge in [0.05, 0.1) is 38.1 Å². The van der Waals surface area contributed by atoms with Gasteiger partial charge in [-0.3, -0.25) is 9.11 Å². The molecule has 0 aliphatic carbocycles. The molecule has 16 heteroatoms. The summed E-state index contributed by atoms with van der Waals surface area (Å²) in [5, 5.41) is 22.3. The van der Waals surface area contributed by atoms with Crippen molar-refractivity contribution in [3.63, 3.8) is 0 Å². The summed E-state index contributed by atoms with van der Waals surface area (Å²) in [4.78, 5) is -0.887. The van der Waals surface area contributed by atoms with E-state index in [4.69, 9.17) is 16.2 Å². The van der Waals surface area contributed by atoms with Crippen LogP contribution in [0, 0.1) is 0 Å². The molecule has 12 nitrogen and oxygen atoms in total. The van der Waals surface area contributed by atoms with Crippen LogP contribution in [0.5, 0.6) is 5.75 Å². The standard InChI is InChI=1S/C22H24ClN3O9S3/c1-14(8-10-36(28,29)11-9-23)24-19-7-2-15-12-18(38(33,34)35)13-20(27)21(15)22(19)26-25-16-3-5-17(6-4-16)37(30,31)32/h2-7,12-14,24,27H,8-11H2,1H3,(H,30,31,32)(H,33,34,35). The molecule has 0 heterocycles. The zero-order valence-corrected chi connectivity index (χ0v) is 23.0. The Balaban J connectivity index is 2.06. The number of benzene rings is 3. The number of halogens is 1. The number of rotatable bonds is 11.